The lowest BCUT2D eigenvalue weighted by Crippen LogP contribution is -2.48. The standard InChI is InChI=1S/C11H25N/c1-7-8-11(6,12)9(2)10(3,4)5/h9H,7-8,12H2,1-6H3/t9-,11?/m1/s1. The largest absolute Gasteiger partial charge is 0.325 e. The second-order valence-corrected chi connectivity index (χ2v) is 5.34. The third-order valence-electron chi connectivity index (χ3n) is 3.08. The first-order valence-corrected chi connectivity index (χ1v) is 5.00. The van der Waals surface area contributed by atoms with Crippen LogP contribution in [0, 0.1) is 11.3 Å². The fraction of sp³-hybridized carbons (Fsp3) is 1.00. The van der Waals surface area contributed by atoms with Crippen molar-refractivity contribution in [2.75, 3.05) is 0 Å². The highest BCUT2D eigenvalue weighted by Gasteiger charge is 2.33. The summed E-state index contributed by atoms with van der Waals surface area (Å²) in [5.41, 5.74) is 6.57. The molecule has 1 unspecified atom stereocenters. The summed E-state index contributed by atoms with van der Waals surface area (Å²) in [6, 6.07) is 0. The van der Waals surface area contributed by atoms with Gasteiger partial charge in [-0.1, -0.05) is 41.0 Å². The van der Waals surface area contributed by atoms with Crippen molar-refractivity contribution in [3.8, 4) is 0 Å². The Morgan fingerprint density at radius 2 is 1.58 bits per heavy atom. The molecule has 0 rings (SSSR count). The summed E-state index contributed by atoms with van der Waals surface area (Å²) in [6.45, 7) is 13.4. The van der Waals surface area contributed by atoms with E-state index in [-0.39, 0.29) is 5.54 Å². The Hall–Kier alpha value is -0.0400. The van der Waals surface area contributed by atoms with Gasteiger partial charge in [0.1, 0.15) is 0 Å². The van der Waals surface area contributed by atoms with Crippen LogP contribution in [0.3, 0.4) is 0 Å². The second-order valence-electron chi connectivity index (χ2n) is 5.34. The fourth-order valence-corrected chi connectivity index (χ4v) is 1.74. The molecule has 0 aliphatic carbocycles. The summed E-state index contributed by atoms with van der Waals surface area (Å²) in [5.74, 6) is 0.560. The molecule has 0 radical (unpaired) electrons. The van der Waals surface area contributed by atoms with Gasteiger partial charge in [0, 0.05) is 5.54 Å². The average Bonchev–Trinajstić information content (AvgIpc) is 1.84. The van der Waals surface area contributed by atoms with Gasteiger partial charge in [-0.3, -0.25) is 0 Å². The summed E-state index contributed by atoms with van der Waals surface area (Å²) in [7, 11) is 0. The van der Waals surface area contributed by atoms with E-state index in [0.717, 1.165) is 6.42 Å². The summed E-state index contributed by atoms with van der Waals surface area (Å²) in [4.78, 5) is 0. The minimum atomic E-state index is -0.00694. The molecule has 0 aromatic heterocycles. The lowest BCUT2D eigenvalue weighted by molar-refractivity contribution is 0.148. The molecule has 2 N–H and O–H groups in total. The number of hydrogen-bond donors (Lipinski definition) is 1. The van der Waals surface area contributed by atoms with Crippen LogP contribution in [0.1, 0.15) is 54.4 Å². The van der Waals surface area contributed by atoms with E-state index in [1.54, 1.807) is 0 Å². The summed E-state index contributed by atoms with van der Waals surface area (Å²) < 4.78 is 0. The van der Waals surface area contributed by atoms with E-state index in [2.05, 4.69) is 41.5 Å². The zero-order chi connectivity index (χ0) is 9.99. The van der Waals surface area contributed by atoms with Gasteiger partial charge in [0.15, 0.2) is 0 Å². The maximum absolute atomic E-state index is 6.26. The maximum Gasteiger partial charge on any atom is 0.0156 e. The Bertz CT molecular complexity index is 130. The minimum absolute atomic E-state index is 0.00694. The van der Waals surface area contributed by atoms with Crippen molar-refractivity contribution in [3.05, 3.63) is 0 Å². The SMILES string of the molecule is CCCC(C)(N)[C@H](C)C(C)(C)C. The quantitative estimate of drug-likeness (QED) is 0.693. The molecule has 1 heteroatoms. The molecule has 74 valence electrons. The number of nitrogens with two attached hydrogens (primary N) is 1. The molecule has 0 aromatic rings. The Morgan fingerprint density at radius 1 is 1.17 bits per heavy atom. The molecule has 0 aromatic carbocycles. The Labute approximate surface area is 77.7 Å². The van der Waals surface area contributed by atoms with E-state index < -0.39 is 0 Å². The summed E-state index contributed by atoms with van der Waals surface area (Å²) >= 11 is 0. The molecular weight excluding hydrogens is 146 g/mol. The molecule has 2 atom stereocenters. The molecule has 0 bridgehead atoms. The molecule has 12 heavy (non-hydrogen) atoms. The lowest BCUT2D eigenvalue weighted by atomic mass is 9.69. The van der Waals surface area contributed by atoms with E-state index in [1.165, 1.54) is 6.42 Å². The van der Waals surface area contributed by atoms with Crippen LogP contribution in [-0.4, -0.2) is 5.54 Å². The zero-order valence-corrected chi connectivity index (χ0v) is 9.57. The van der Waals surface area contributed by atoms with Gasteiger partial charge in [-0.05, 0) is 24.7 Å². The van der Waals surface area contributed by atoms with Gasteiger partial charge < -0.3 is 5.73 Å². The molecule has 1 nitrogen and oxygen atoms in total. The summed E-state index contributed by atoms with van der Waals surface area (Å²) in [5, 5.41) is 0. The Kier molecular flexibility index (Phi) is 3.77. The average molecular weight is 171 g/mol. The van der Waals surface area contributed by atoms with Crippen molar-refractivity contribution in [3.63, 3.8) is 0 Å². The van der Waals surface area contributed by atoms with Crippen LogP contribution in [0.4, 0.5) is 0 Å². The predicted molar refractivity (Wildman–Crippen MR) is 56.1 cm³/mol. The van der Waals surface area contributed by atoms with Crippen molar-refractivity contribution < 1.29 is 0 Å². The molecular formula is C11H25N. The third kappa shape index (κ3) is 3.14. The lowest BCUT2D eigenvalue weighted by Gasteiger charge is -2.40. The van der Waals surface area contributed by atoms with Crippen LogP contribution >= 0.6 is 0 Å². The first-order valence-electron chi connectivity index (χ1n) is 5.00. The topological polar surface area (TPSA) is 26.0 Å². The molecule has 0 aliphatic rings. The molecule has 0 saturated heterocycles. The highest BCUT2D eigenvalue weighted by atomic mass is 14.7. The maximum atomic E-state index is 6.26. The third-order valence-corrected chi connectivity index (χ3v) is 3.08. The van der Waals surface area contributed by atoms with E-state index in [1.807, 2.05) is 0 Å². The highest BCUT2D eigenvalue weighted by Crippen LogP contribution is 2.34. The Morgan fingerprint density at radius 3 is 1.83 bits per heavy atom. The van der Waals surface area contributed by atoms with Crippen molar-refractivity contribution in [1.82, 2.24) is 0 Å². The Balaban J connectivity index is 4.34. The van der Waals surface area contributed by atoms with E-state index in [0.29, 0.717) is 11.3 Å². The number of rotatable bonds is 3. The van der Waals surface area contributed by atoms with Gasteiger partial charge >= 0.3 is 0 Å². The van der Waals surface area contributed by atoms with Gasteiger partial charge in [-0.15, -0.1) is 0 Å². The molecule has 0 aliphatic heterocycles. The smallest absolute Gasteiger partial charge is 0.0156 e. The van der Waals surface area contributed by atoms with E-state index in [9.17, 15) is 0 Å². The van der Waals surface area contributed by atoms with Crippen molar-refractivity contribution >= 4 is 0 Å². The van der Waals surface area contributed by atoms with Gasteiger partial charge in [-0.25, -0.2) is 0 Å². The van der Waals surface area contributed by atoms with Crippen LogP contribution in [0.5, 0.6) is 0 Å². The van der Waals surface area contributed by atoms with Gasteiger partial charge in [0.05, 0.1) is 0 Å². The molecule has 0 saturated carbocycles. The van der Waals surface area contributed by atoms with Crippen LogP contribution in [0.2, 0.25) is 0 Å². The normalized spacial score (nSPS) is 20.2. The van der Waals surface area contributed by atoms with E-state index >= 15 is 0 Å². The van der Waals surface area contributed by atoms with Crippen LogP contribution in [-0.2, 0) is 0 Å². The van der Waals surface area contributed by atoms with Gasteiger partial charge in [0.2, 0.25) is 0 Å². The van der Waals surface area contributed by atoms with Crippen LogP contribution in [0.25, 0.3) is 0 Å². The first kappa shape index (κ1) is 12.0. The van der Waals surface area contributed by atoms with Crippen LogP contribution in [0.15, 0.2) is 0 Å². The molecule has 0 heterocycles. The van der Waals surface area contributed by atoms with Crippen molar-refractivity contribution in [1.29, 1.82) is 0 Å². The fourth-order valence-electron chi connectivity index (χ4n) is 1.74. The van der Waals surface area contributed by atoms with E-state index in [4.69, 9.17) is 5.73 Å². The summed E-state index contributed by atoms with van der Waals surface area (Å²) in [6.07, 6.45) is 2.29. The van der Waals surface area contributed by atoms with Gasteiger partial charge in [0.25, 0.3) is 0 Å². The first-order chi connectivity index (χ1) is 5.22. The minimum Gasteiger partial charge on any atom is -0.325 e. The zero-order valence-electron chi connectivity index (χ0n) is 9.57. The highest BCUT2D eigenvalue weighted by molar-refractivity contribution is 4.90. The van der Waals surface area contributed by atoms with Crippen LogP contribution < -0.4 is 5.73 Å². The second kappa shape index (κ2) is 3.78. The molecule has 0 fully saturated rings. The molecule has 0 spiro atoms. The van der Waals surface area contributed by atoms with Crippen molar-refractivity contribution in [2.24, 2.45) is 17.1 Å². The molecule has 0 amide bonds. The van der Waals surface area contributed by atoms with Crippen molar-refractivity contribution in [2.45, 2.75) is 59.9 Å². The van der Waals surface area contributed by atoms with Gasteiger partial charge in [-0.2, -0.15) is 0 Å². The predicted octanol–water partition coefficient (Wildman–Crippen LogP) is 3.19. The monoisotopic (exact) mass is 171 g/mol. The number of hydrogen-bond acceptors (Lipinski definition) is 1.